The van der Waals surface area contributed by atoms with Crippen molar-refractivity contribution in [2.24, 2.45) is 11.7 Å². The first kappa shape index (κ1) is 13.7. The summed E-state index contributed by atoms with van der Waals surface area (Å²) in [6.45, 7) is 3.68. The van der Waals surface area contributed by atoms with Crippen LogP contribution in [-0.2, 0) is 4.79 Å². The fourth-order valence-electron chi connectivity index (χ4n) is 2.26. The topological polar surface area (TPSA) is 85.1 Å². The Labute approximate surface area is 115 Å². The number of allylic oxidation sites excluding steroid dienone is 1. The van der Waals surface area contributed by atoms with Gasteiger partial charge in [0.05, 0.1) is 16.6 Å². The number of aryl methyl sites for hydroxylation is 2. The van der Waals surface area contributed by atoms with Gasteiger partial charge in [-0.2, -0.15) is 0 Å². The normalized spacial score (nSPS) is 22.2. The predicted octanol–water partition coefficient (Wildman–Crippen LogP) is 1.31. The highest BCUT2D eigenvalue weighted by Crippen LogP contribution is 2.21. The Morgan fingerprint density at radius 2 is 2.05 bits per heavy atom. The monoisotopic (exact) mass is 279 g/mol. The molecule has 0 aliphatic heterocycles. The molecule has 2 rings (SSSR count). The second-order valence-electron chi connectivity index (χ2n) is 4.68. The molecule has 0 bridgehead atoms. The molecule has 102 valence electrons. The SMILES string of the molecule is Cc1nc(C)c(C(=O)N[C@@H]2CC=CC[C@H]2C(N)=O)s1. The van der Waals surface area contributed by atoms with E-state index in [1.807, 2.05) is 26.0 Å². The first-order chi connectivity index (χ1) is 8.99. The van der Waals surface area contributed by atoms with Gasteiger partial charge in [-0.05, 0) is 26.7 Å². The molecule has 19 heavy (non-hydrogen) atoms. The third-order valence-electron chi connectivity index (χ3n) is 3.22. The second-order valence-corrected chi connectivity index (χ2v) is 5.88. The van der Waals surface area contributed by atoms with Crippen LogP contribution in [0.2, 0.25) is 0 Å². The molecule has 6 heteroatoms. The molecule has 0 radical (unpaired) electrons. The zero-order valence-corrected chi connectivity index (χ0v) is 11.8. The van der Waals surface area contributed by atoms with Gasteiger partial charge in [-0.1, -0.05) is 12.2 Å². The Bertz CT molecular complexity index is 536. The van der Waals surface area contributed by atoms with Crippen LogP contribution in [0.5, 0.6) is 0 Å². The van der Waals surface area contributed by atoms with E-state index in [2.05, 4.69) is 10.3 Å². The Hall–Kier alpha value is -1.69. The van der Waals surface area contributed by atoms with Crippen molar-refractivity contribution in [3.05, 3.63) is 27.7 Å². The van der Waals surface area contributed by atoms with Crippen molar-refractivity contribution in [3.8, 4) is 0 Å². The lowest BCUT2D eigenvalue weighted by Crippen LogP contribution is -2.46. The van der Waals surface area contributed by atoms with E-state index in [9.17, 15) is 9.59 Å². The summed E-state index contributed by atoms with van der Waals surface area (Å²) in [6, 6.07) is -0.225. The summed E-state index contributed by atoms with van der Waals surface area (Å²) in [5, 5.41) is 3.76. The summed E-state index contributed by atoms with van der Waals surface area (Å²) < 4.78 is 0. The minimum atomic E-state index is -0.369. The Kier molecular flexibility index (Phi) is 3.99. The van der Waals surface area contributed by atoms with E-state index in [1.165, 1.54) is 11.3 Å². The molecule has 1 aliphatic rings. The summed E-state index contributed by atoms with van der Waals surface area (Å²) in [5.41, 5.74) is 6.10. The minimum absolute atomic E-state index is 0.172. The van der Waals surface area contributed by atoms with Gasteiger partial charge in [0.15, 0.2) is 0 Å². The fraction of sp³-hybridized carbons (Fsp3) is 0.462. The Morgan fingerprint density at radius 1 is 1.37 bits per heavy atom. The zero-order valence-electron chi connectivity index (χ0n) is 11.0. The number of carbonyl (C=O) groups is 2. The maximum atomic E-state index is 12.2. The van der Waals surface area contributed by atoms with Crippen molar-refractivity contribution in [1.29, 1.82) is 0 Å². The number of aromatic nitrogens is 1. The number of nitrogens with two attached hydrogens (primary N) is 1. The summed E-state index contributed by atoms with van der Waals surface area (Å²) in [4.78, 5) is 28.4. The molecular weight excluding hydrogens is 262 g/mol. The molecule has 2 atom stereocenters. The third kappa shape index (κ3) is 3.01. The Balaban J connectivity index is 2.11. The van der Waals surface area contributed by atoms with Gasteiger partial charge in [0, 0.05) is 6.04 Å². The van der Waals surface area contributed by atoms with Crippen molar-refractivity contribution in [3.63, 3.8) is 0 Å². The molecule has 0 saturated carbocycles. The lowest BCUT2D eigenvalue weighted by atomic mass is 9.88. The van der Waals surface area contributed by atoms with Crippen LogP contribution in [0.25, 0.3) is 0 Å². The largest absolute Gasteiger partial charge is 0.369 e. The fourth-order valence-corrected chi connectivity index (χ4v) is 3.09. The van der Waals surface area contributed by atoms with Crippen molar-refractivity contribution in [2.45, 2.75) is 32.7 Å². The number of primary amides is 1. The van der Waals surface area contributed by atoms with E-state index in [0.29, 0.717) is 17.7 Å². The zero-order chi connectivity index (χ0) is 14.0. The molecule has 5 nitrogen and oxygen atoms in total. The van der Waals surface area contributed by atoms with E-state index in [0.717, 1.165) is 10.7 Å². The van der Waals surface area contributed by atoms with Gasteiger partial charge in [-0.25, -0.2) is 4.98 Å². The molecule has 1 aromatic heterocycles. The first-order valence-corrected chi connectivity index (χ1v) is 7.00. The van der Waals surface area contributed by atoms with Crippen molar-refractivity contribution < 1.29 is 9.59 Å². The van der Waals surface area contributed by atoms with Crippen LogP contribution in [0.4, 0.5) is 0 Å². The van der Waals surface area contributed by atoms with Crippen LogP contribution >= 0.6 is 11.3 Å². The maximum absolute atomic E-state index is 12.2. The number of nitrogens with zero attached hydrogens (tertiary/aromatic N) is 1. The Morgan fingerprint density at radius 3 is 2.63 bits per heavy atom. The maximum Gasteiger partial charge on any atom is 0.263 e. The first-order valence-electron chi connectivity index (χ1n) is 6.18. The molecule has 0 saturated heterocycles. The summed E-state index contributed by atoms with van der Waals surface area (Å²) in [7, 11) is 0. The van der Waals surface area contributed by atoms with Crippen LogP contribution in [0, 0.1) is 19.8 Å². The van der Waals surface area contributed by atoms with E-state index >= 15 is 0 Å². The van der Waals surface area contributed by atoms with Gasteiger partial charge in [0.1, 0.15) is 4.88 Å². The van der Waals surface area contributed by atoms with Gasteiger partial charge in [-0.3, -0.25) is 9.59 Å². The summed E-state index contributed by atoms with van der Waals surface area (Å²) in [5.74, 6) is -0.871. The molecule has 1 aliphatic carbocycles. The van der Waals surface area contributed by atoms with Gasteiger partial charge < -0.3 is 11.1 Å². The number of nitrogens with one attached hydrogen (secondary N) is 1. The summed E-state index contributed by atoms with van der Waals surface area (Å²) in [6.07, 6.45) is 5.12. The molecule has 3 N–H and O–H groups in total. The molecular formula is C13H17N3O2S. The third-order valence-corrected chi connectivity index (χ3v) is 4.30. The van der Waals surface area contributed by atoms with Gasteiger partial charge in [-0.15, -0.1) is 11.3 Å². The van der Waals surface area contributed by atoms with E-state index in [1.54, 1.807) is 0 Å². The number of carbonyl (C=O) groups excluding carboxylic acids is 2. The lowest BCUT2D eigenvalue weighted by Gasteiger charge is -2.26. The van der Waals surface area contributed by atoms with Gasteiger partial charge in [0.2, 0.25) is 5.91 Å². The van der Waals surface area contributed by atoms with Crippen LogP contribution < -0.4 is 11.1 Å². The highest BCUT2D eigenvalue weighted by molar-refractivity contribution is 7.13. The molecule has 0 spiro atoms. The second kappa shape index (κ2) is 5.52. The molecule has 0 unspecified atom stereocenters. The van der Waals surface area contributed by atoms with Crippen LogP contribution in [0.15, 0.2) is 12.2 Å². The van der Waals surface area contributed by atoms with Crippen molar-refractivity contribution in [2.75, 3.05) is 0 Å². The molecule has 1 heterocycles. The quantitative estimate of drug-likeness (QED) is 0.818. The standard InChI is InChI=1S/C13H17N3O2S/c1-7-11(19-8(2)15-7)13(18)16-10-6-4-3-5-9(10)12(14)17/h3-4,9-10H,5-6H2,1-2H3,(H2,14,17)(H,16,18)/t9-,10-/m1/s1. The summed E-state index contributed by atoms with van der Waals surface area (Å²) >= 11 is 1.36. The highest BCUT2D eigenvalue weighted by Gasteiger charge is 2.29. The highest BCUT2D eigenvalue weighted by atomic mass is 32.1. The van der Waals surface area contributed by atoms with E-state index < -0.39 is 0 Å². The smallest absolute Gasteiger partial charge is 0.263 e. The minimum Gasteiger partial charge on any atom is -0.369 e. The number of thiazole rings is 1. The molecule has 0 aromatic carbocycles. The number of rotatable bonds is 3. The van der Waals surface area contributed by atoms with Gasteiger partial charge in [0.25, 0.3) is 5.91 Å². The van der Waals surface area contributed by atoms with Gasteiger partial charge >= 0.3 is 0 Å². The number of hydrogen-bond acceptors (Lipinski definition) is 4. The van der Waals surface area contributed by atoms with Crippen LogP contribution in [0.1, 0.15) is 33.2 Å². The van der Waals surface area contributed by atoms with Crippen molar-refractivity contribution >= 4 is 23.2 Å². The average molecular weight is 279 g/mol. The number of hydrogen-bond donors (Lipinski definition) is 2. The average Bonchev–Trinajstić information content (AvgIpc) is 2.69. The van der Waals surface area contributed by atoms with Crippen LogP contribution in [0.3, 0.4) is 0 Å². The van der Waals surface area contributed by atoms with Crippen LogP contribution in [-0.4, -0.2) is 22.8 Å². The molecule has 2 amide bonds. The van der Waals surface area contributed by atoms with E-state index in [-0.39, 0.29) is 23.8 Å². The predicted molar refractivity (Wildman–Crippen MR) is 73.9 cm³/mol. The van der Waals surface area contributed by atoms with E-state index in [4.69, 9.17) is 5.73 Å². The molecule has 1 aromatic rings. The lowest BCUT2D eigenvalue weighted by molar-refractivity contribution is -0.122. The number of amides is 2. The molecule has 0 fully saturated rings. The van der Waals surface area contributed by atoms with Crippen molar-refractivity contribution in [1.82, 2.24) is 10.3 Å².